The number of nitrogens with zero attached hydrogens (tertiary/aromatic N) is 2. The molecule has 0 radical (unpaired) electrons. The lowest BCUT2D eigenvalue weighted by atomic mass is 10.2. The number of nitrogens with one attached hydrogen (secondary N) is 2. The van der Waals surface area contributed by atoms with Crippen molar-refractivity contribution in [2.45, 2.75) is 26.3 Å². The lowest BCUT2D eigenvalue weighted by molar-refractivity contribution is 0.738. The zero-order chi connectivity index (χ0) is 15.2. The smallest absolute Gasteiger partial charge is 0.191 e. The molecule has 0 atom stereocenters. The highest BCUT2D eigenvalue weighted by Crippen LogP contribution is 2.27. The van der Waals surface area contributed by atoms with Gasteiger partial charge in [0.25, 0.3) is 0 Å². The fraction of sp³-hybridized carbons (Fsp3) is 0.412. The predicted molar refractivity (Wildman–Crippen MR) is 93.1 cm³/mol. The summed E-state index contributed by atoms with van der Waals surface area (Å²) in [7, 11) is 0. The van der Waals surface area contributed by atoms with Crippen LogP contribution in [0.5, 0.6) is 0 Å². The van der Waals surface area contributed by atoms with Crippen molar-refractivity contribution in [3.05, 3.63) is 41.4 Å². The third-order valence-corrected chi connectivity index (χ3v) is 4.51. The molecule has 3 rings (SSSR count). The van der Waals surface area contributed by atoms with Gasteiger partial charge in [-0.15, -0.1) is 11.3 Å². The first-order valence-electron chi connectivity index (χ1n) is 7.87. The zero-order valence-electron chi connectivity index (χ0n) is 12.9. The summed E-state index contributed by atoms with van der Waals surface area (Å²) in [6.07, 6.45) is 2.69. The van der Waals surface area contributed by atoms with E-state index in [0.29, 0.717) is 6.54 Å². The van der Waals surface area contributed by atoms with Crippen LogP contribution in [0.3, 0.4) is 0 Å². The summed E-state index contributed by atoms with van der Waals surface area (Å²) in [5, 5.41) is 9.85. The van der Waals surface area contributed by atoms with Gasteiger partial charge in [0.15, 0.2) is 5.96 Å². The molecular formula is C17H22N4S. The van der Waals surface area contributed by atoms with Crippen LogP contribution < -0.4 is 10.6 Å². The Kier molecular flexibility index (Phi) is 5.06. The molecule has 116 valence electrons. The molecule has 0 amide bonds. The van der Waals surface area contributed by atoms with E-state index in [1.807, 2.05) is 18.2 Å². The van der Waals surface area contributed by atoms with Crippen LogP contribution in [-0.4, -0.2) is 24.0 Å². The van der Waals surface area contributed by atoms with E-state index in [0.717, 1.165) is 35.7 Å². The van der Waals surface area contributed by atoms with Gasteiger partial charge in [-0.3, -0.25) is 0 Å². The Balaban J connectivity index is 1.61. The molecule has 1 aliphatic carbocycles. The molecule has 0 spiro atoms. The molecule has 2 aromatic rings. The highest BCUT2D eigenvalue weighted by atomic mass is 32.1. The summed E-state index contributed by atoms with van der Waals surface area (Å²) >= 11 is 1.67. The second kappa shape index (κ2) is 7.40. The Morgan fingerprint density at radius 3 is 2.82 bits per heavy atom. The van der Waals surface area contributed by atoms with E-state index >= 15 is 0 Å². The fourth-order valence-electron chi connectivity index (χ4n) is 2.16. The molecule has 4 nitrogen and oxygen atoms in total. The molecule has 1 aliphatic rings. The van der Waals surface area contributed by atoms with Gasteiger partial charge < -0.3 is 10.6 Å². The van der Waals surface area contributed by atoms with E-state index in [9.17, 15) is 0 Å². The predicted octanol–water partition coefficient (Wildman–Crippen LogP) is 3.28. The van der Waals surface area contributed by atoms with Crippen molar-refractivity contribution < 1.29 is 0 Å². The molecule has 0 unspecified atom stereocenters. The minimum absolute atomic E-state index is 0.614. The molecule has 1 aromatic carbocycles. The first-order chi connectivity index (χ1) is 10.8. The van der Waals surface area contributed by atoms with Crippen molar-refractivity contribution in [1.82, 2.24) is 15.6 Å². The van der Waals surface area contributed by atoms with Crippen molar-refractivity contribution in [3.63, 3.8) is 0 Å². The second-order valence-electron chi connectivity index (χ2n) is 5.53. The summed E-state index contributed by atoms with van der Waals surface area (Å²) in [5.41, 5.74) is 2.19. The van der Waals surface area contributed by atoms with Crippen molar-refractivity contribution in [3.8, 4) is 10.6 Å². The number of aromatic nitrogens is 1. The molecule has 1 saturated carbocycles. The molecular weight excluding hydrogens is 292 g/mol. The molecule has 0 bridgehead atoms. The number of aliphatic imine (C=N–C) groups is 1. The lowest BCUT2D eigenvalue weighted by Gasteiger charge is -2.10. The van der Waals surface area contributed by atoms with Crippen LogP contribution in [0.4, 0.5) is 0 Å². The first-order valence-corrected chi connectivity index (χ1v) is 8.75. The molecule has 5 heteroatoms. The van der Waals surface area contributed by atoms with Crippen molar-refractivity contribution in [2.24, 2.45) is 10.9 Å². The van der Waals surface area contributed by atoms with Gasteiger partial charge in [-0.25, -0.2) is 9.98 Å². The molecule has 22 heavy (non-hydrogen) atoms. The second-order valence-corrected chi connectivity index (χ2v) is 6.39. The molecule has 1 fully saturated rings. The highest BCUT2D eigenvalue weighted by molar-refractivity contribution is 7.13. The van der Waals surface area contributed by atoms with Gasteiger partial charge in [0.2, 0.25) is 0 Å². The Morgan fingerprint density at radius 1 is 1.27 bits per heavy atom. The molecule has 0 saturated heterocycles. The average Bonchev–Trinajstić information content (AvgIpc) is 3.27. The Morgan fingerprint density at radius 2 is 2.09 bits per heavy atom. The minimum Gasteiger partial charge on any atom is -0.357 e. The van der Waals surface area contributed by atoms with Crippen LogP contribution in [-0.2, 0) is 6.54 Å². The van der Waals surface area contributed by atoms with Crippen LogP contribution in [0.2, 0.25) is 0 Å². The third kappa shape index (κ3) is 4.31. The number of hydrogen-bond acceptors (Lipinski definition) is 3. The quantitative estimate of drug-likeness (QED) is 0.635. The van der Waals surface area contributed by atoms with Gasteiger partial charge >= 0.3 is 0 Å². The van der Waals surface area contributed by atoms with Crippen molar-refractivity contribution in [1.29, 1.82) is 0 Å². The first kappa shape index (κ1) is 15.0. The van der Waals surface area contributed by atoms with Gasteiger partial charge in [-0.1, -0.05) is 30.3 Å². The van der Waals surface area contributed by atoms with E-state index in [4.69, 9.17) is 0 Å². The fourth-order valence-corrected chi connectivity index (χ4v) is 2.97. The van der Waals surface area contributed by atoms with E-state index in [1.54, 1.807) is 11.3 Å². The number of guanidine groups is 1. The molecule has 1 heterocycles. The number of benzene rings is 1. The Bertz CT molecular complexity index is 617. The minimum atomic E-state index is 0.614. The van der Waals surface area contributed by atoms with Gasteiger partial charge in [0.1, 0.15) is 5.01 Å². The SMILES string of the molecule is CCNC(=NCc1csc(-c2ccccc2)n1)NCC1CC1. The van der Waals surface area contributed by atoms with Gasteiger partial charge in [-0.2, -0.15) is 0 Å². The normalized spacial score (nSPS) is 14.9. The van der Waals surface area contributed by atoms with Gasteiger partial charge in [0.05, 0.1) is 12.2 Å². The standard InChI is InChI=1S/C17H22N4S/c1-2-18-17(19-10-13-8-9-13)20-11-15-12-22-16(21-15)14-6-4-3-5-7-14/h3-7,12-13H,2,8-11H2,1H3,(H2,18,19,20). The van der Waals surface area contributed by atoms with Crippen LogP contribution in [0.1, 0.15) is 25.5 Å². The number of hydrogen-bond donors (Lipinski definition) is 2. The summed E-state index contributed by atoms with van der Waals surface area (Å²) in [6, 6.07) is 10.3. The van der Waals surface area contributed by atoms with Crippen LogP contribution in [0.25, 0.3) is 10.6 Å². The van der Waals surface area contributed by atoms with E-state index in [-0.39, 0.29) is 0 Å². The molecule has 1 aromatic heterocycles. The van der Waals surface area contributed by atoms with Crippen LogP contribution >= 0.6 is 11.3 Å². The van der Waals surface area contributed by atoms with E-state index in [2.05, 4.69) is 45.0 Å². The van der Waals surface area contributed by atoms with Crippen LogP contribution in [0, 0.1) is 5.92 Å². The molecule has 0 aliphatic heterocycles. The monoisotopic (exact) mass is 314 g/mol. The summed E-state index contributed by atoms with van der Waals surface area (Å²) in [6.45, 7) is 4.61. The van der Waals surface area contributed by atoms with Gasteiger partial charge in [-0.05, 0) is 25.7 Å². The van der Waals surface area contributed by atoms with E-state index in [1.165, 1.54) is 18.4 Å². The number of rotatable bonds is 6. The van der Waals surface area contributed by atoms with Gasteiger partial charge in [0, 0.05) is 24.0 Å². The highest BCUT2D eigenvalue weighted by Gasteiger charge is 2.21. The number of thiazole rings is 1. The summed E-state index contributed by atoms with van der Waals surface area (Å²) in [4.78, 5) is 9.31. The lowest BCUT2D eigenvalue weighted by Crippen LogP contribution is -2.38. The largest absolute Gasteiger partial charge is 0.357 e. The summed E-state index contributed by atoms with van der Waals surface area (Å²) in [5.74, 6) is 1.73. The Labute approximate surface area is 135 Å². The topological polar surface area (TPSA) is 49.3 Å². The summed E-state index contributed by atoms with van der Waals surface area (Å²) < 4.78 is 0. The van der Waals surface area contributed by atoms with E-state index < -0.39 is 0 Å². The van der Waals surface area contributed by atoms with Crippen molar-refractivity contribution >= 4 is 17.3 Å². The molecule has 2 N–H and O–H groups in total. The maximum atomic E-state index is 4.68. The van der Waals surface area contributed by atoms with Crippen LogP contribution in [0.15, 0.2) is 40.7 Å². The maximum absolute atomic E-state index is 4.68. The zero-order valence-corrected chi connectivity index (χ0v) is 13.7. The Hall–Kier alpha value is -1.88. The maximum Gasteiger partial charge on any atom is 0.191 e. The third-order valence-electron chi connectivity index (χ3n) is 3.57. The average molecular weight is 314 g/mol. The van der Waals surface area contributed by atoms with Crippen molar-refractivity contribution in [2.75, 3.05) is 13.1 Å².